The van der Waals surface area contributed by atoms with Gasteiger partial charge in [-0.25, -0.2) is 0 Å². The van der Waals surface area contributed by atoms with E-state index in [1.54, 1.807) is 31.3 Å². The van der Waals surface area contributed by atoms with Crippen LogP contribution in [0.25, 0.3) is 0 Å². The van der Waals surface area contributed by atoms with Crippen molar-refractivity contribution in [2.24, 2.45) is 11.8 Å². The SMILES string of the molecule is CN(C(=O)c1ccc(Cl)cc1)C(Nc1cc(C(F)(F)F)[nH]n1)NC(C1CC1)C1CC1. The lowest BCUT2D eigenvalue weighted by molar-refractivity contribution is -0.141. The van der Waals surface area contributed by atoms with E-state index in [2.05, 4.69) is 15.7 Å². The number of rotatable bonds is 8. The fraction of sp³-hybridized carbons (Fsp3) is 0.500. The first-order valence-electron chi connectivity index (χ1n) is 9.90. The third-order valence-electron chi connectivity index (χ3n) is 5.58. The van der Waals surface area contributed by atoms with Gasteiger partial charge in [0, 0.05) is 29.7 Å². The largest absolute Gasteiger partial charge is 0.432 e. The van der Waals surface area contributed by atoms with Crippen LogP contribution in [0.3, 0.4) is 0 Å². The number of H-pyrrole nitrogens is 1. The molecule has 1 amide bonds. The molecule has 0 spiro atoms. The summed E-state index contributed by atoms with van der Waals surface area (Å²) in [5.41, 5.74) is -0.515. The van der Waals surface area contributed by atoms with E-state index in [9.17, 15) is 18.0 Å². The highest BCUT2D eigenvalue weighted by Crippen LogP contribution is 2.44. The number of anilines is 1. The Labute approximate surface area is 177 Å². The number of carbonyl (C=O) groups excluding carboxylic acids is 1. The van der Waals surface area contributed by atoms with Gasteiger partial charge in [0.15, 0.2) is 12.1 Å². The Balaban J connectivity index is 1.55. The molecule has 2 aromatic rings. The molecule has 10 heteroatoms. The van der Waals surface area contributed by atoms with E-state index in [1.807, 2.05) is 5.10 Å². The zero-order valence-electron chi connectivity index (χ0n) is 16.3. The Morgan fingerprint density at radius 3 is 2.30 bits per heavy atom. The van der Waals surface area contributed by atoms with Crippen LogP contribution in [0.1, 0.15) is 41.7 Å². The maximum Gasteiger partial charge on any atom is 0.432 e. The van der Waals surface area contributed by atoms with Gasteiger partial charge < -0.3 is 10.2 Å². The van der Waals surface area contributed by atoms with Crippen LogP contribution < -0.4 is 10.6 Å². The molecular weight excluding hydrogens is 419 g/mol. The lowest BCUT2D eigenvalue weighted by Gasteiger charge is -2.33. The Morgan fingerprint density at radius 2 is 1.80 bits per heavy atom. The summed E-state index contributed by atoms with van der Waals surface area (Å²) >= 11 is 5.90. The number of aromatic amines is 1. The Kier molecular flexibility index (Phi) is 5.67. The van der Waals surface area contributed by atoms with Crippen LogP contribution in [0.2, 0.25) is 5.02 Å². The van der Waals surface area contributed by atoms with Gasteiger partial charge in [0.1, 0.15) is 5.69 Å². The van der Waals surface area contributed by atoms with Crippen molar-refractivity contribution in [3.8, 4) is 0 Å². The monoisotopic (exact) mass is 441 g/mol. The van der Waals surface area contributed by atoms with Crippen molar-refractivity contribution in [1.29, 1.82) is 0 Å². The van der Waals surface area contributed by atoms with Crippen LogP contribution in [0.5, 0.6) is 0 Å². The molecule has 1 aromatic heterocycles. The molecule has 1 atom stereocenters. The van der Waals surface area contributed by atoms with Gasteiger partial charge in [0.25, 0.3) is 5.91 Å². The van der Waals surface area contributed by atoms with E-state index < -0.39 is 18.2 Å². The third-order valence-corrected chi connectivity index (χ3v) is 5.83. The number of carbonyl (C=O) groups is 1. The molecular formula is C20H23ClF3N5O. The van der Waals surface area contributed by atoms with Crippen LogP contribution in [-0.4, -0.2) is 40.4 Å². The molecule has 2 aliphatic carbocycles. The van der Waals surface area contributed by atoms with E-state index in [4.69, 9.17) is 11.6 Å². The second-order valence-electron chi connectivity index (χ2n) is 8.00. The minimum atomic E-state index is -4.52. The molecule has 30 heavy (non-hydrogen) atoms. The fourth-order valence-electron chi connectivity index (χ4n) is 3.59. The van der Waals surface area contributed by atoms with E-state index >= 15 is 0 Å². The van der Waals surface area contributed by atoms with E-state index in [0.29, 0.717) is 22.4 Å². The summed E-state index contributed by atoms with van der Waals surface area (Å²) in [4.78, 5) is 14.4. The number of aromatic nitrogens is 2. The number of benzene rings is 1. The highest BCUT2D eigenvalue weighted by Gasteiger charge is 2.43. The molecule has 2 saturated carbocycles. The number of hydrogen-bond donors (Lipinski definition) is 3. The molecule has 3 N–H and O–H groups in total. The van der Waals surface area contributed by atoms with E-state index in [1.165, 1.54) is 4.90 Å². The molecule has 0 aliphatic heterocycles. The standard InChI is InChI=1S/C20H23ClF3N5O/c1-29(18(30)13-6-8-14(21)9-7-13)19(26-17(11-2-3-11)12-4-5-12)25-16-10-15(27-28-16)20(22,23)24/h6-12,17,19,26H,2-5H2,1H3,(H2,25,27,28). The summed E-state index contributed by atoms with van der Waals surface area (Å²) in [5, 5.41) is 12.7. The van der Waals surface area contributed by atoms with Gasteiger partial charge in [0.2, 0.25) is 0 Å². The maximum absolute atomic E-state index is 13.0. The Hall–Kier alpha value is -2.26. The number of amides is 1. The smallest absolute Gasteiger partial charge is 0.336 e. The first kappa shape index (κ1) is 21.0. The normalized spacial score (nSPS) is 17.8. The average molecular weight is 442 g/mol. The van der Waals surface area contributed by atoms with Crippen molar-refractivity contribution in [2.45, 2.75) is 44.2 Å². The number of nitrogens with zero attached hydrogens (tertiary/aromatic N) is 2. The van der Waals surface area contributed by atoms with Gasteiger partial charge in [-0.2, -0.15) is 18.3 Å². The second kappa shape index (κ2) is 8.11. The van der Waals surface area contributed by atoms with Crippen LogP contribution in [0.15, 0.2) is 30.3 Å². The van der Waals surface area contributed by atoms with Gasteiger partial charge in [-0.05, 0) is 61.8 Å². The van der Waals surface area contributed by atoms with Gasteiger partial charge in [0.05, 0.1) is 0 Å². The quantitative estimate of drug-likeness (QED) is 0.533. The van der Waals surface area contributed by atoms with Crippen molar-refractivity contribution in [3.63, 3.8) is 0 Å². The zero-order valence-corrected chi connectivity index (χ0v) is 17.1. The summed E-state index contributed by atoms with van der Waals surface area (Å²) in [6, 6.07) is 7.60. The molecule has 1 heterocycles. The summed E-state index contributed by atoms with van der Waals surface area (Å²) in [7, 11) is 1.61. The predicted octanol–water partition coefficient (Wildman–Crippen LogP) is 4.33. The minimum Gasteiger partial charge on any atom is -0.336 e. The average Bonchev–Trinajstić information content (AvgIpc) is 3.63. The molecule has 2 aliphatic rings. The Bertz CT molecular complexity index is 881. The maximum atomic E-state index is 13.0. The van der Waals surface area contributed by atoms with Crippen LogP contribution in [-0.2, 0) is 6.18 Å². The van der Waals surface area contributed by atoms with Gasteiger partial charge in [-0.15, -0.1) is 0 Å². The molecule has 1 aromatic carbocycles. The summed E-state index contributed by atoms with van der Waals surface area (Å²) < 4.78 is 38.8. The molecule has 0 bridgehead atoms. The molecule has 6 nitrogen and oxygen atoms in total. The van der Waals surface area contributed by atoms with E-state index in [-0.39, 0.29) is 17.8 Å². The number of halogens is 4. The summed E-state index contributed by atoms with van der Waals surface area (Å²) in [6.07, 6.45) is -0.756. The molecule has 4 rings (SSSR count). The predicted molar refractivity (Wildman–Crippen MR) is 107 cm³/mol. The summed E-state index contributed by atoms with van der Waals surface area (Å²) in [5.74, 6) is 0.797. The number of nitrogens with one attached hydrogen (secondary N) is 3. The van der Waals surface area contributed by atoms with Gasteiger partial charge in [-0.3, -0.25) is 15.2 Å². The molecule has 0 radical (unpaired) electrons. The zero-order chi connectivity index (χ0) is 21.5. The lowest BCUT2D eigenvalue weighted by atomic mass is 10.1. The lowest BCUT2D eigenvalue weighted by Crippen LogP contribution is -2.56. The van der Waals surface area contributed by atoms with Crippen molar-refractivity contribution in [2.75, 3.05) is 12.4 Å². The third kappa shape index (κ3) is 4.89. The topological polar surface area (TPSA) is 73.0 Å². The van der Waals surface area contributed by atoms with E-state index in [0.717, 1.165) is 31.7 Å². The van der Waals surface area contributed by atoms with Gasteiger partial charge >= 0.3 is 6.18 Å². The minimum absolute atomic E-state index is 0.0147. The molecule has 2 fully saturated rings. The number of hydrogen-bond acceptors (Lipinski definition) is 4. The first-order valence-corrected chi connectivity index (χ1v) is 10.3. The summed E-state index contributed by atoms with van der Waals surface area (Å²) in [6.45, 7) is 0. The van der Waals surface area contributed by atoms with Crippen molar-refractivity contribution >= 4 is 23.3 Å². The molecule has 0 saturated heterocycles. The fourth-order valence-corrected chi connectivity index (χ4v) is 3.72. The highest BCUT2D eigenvalue weighted by molar-refractivity contribution is 6.30. The second-order valence-corrected chi connectivity index (χ2v) is 8.44. The van der Waals surface area contributed by atoms with Crippen molar-refractivity contribution in [1.82, 2.24) is 20.4 Å². The van der Waals surface area contributed by atoms with Crippen molar-refractivity contribution in [3.05, 3.63) is 46.6 Å². The number of alkyl halides is 3. The van der Waals surface area contributed by atoms with Crippen LogP contribution in [0.4, 0.5) is 19.0 Å². The first-order chi connectivity index (χ1) is 14.2. The molecule has 1 unspecified atom stereocenters. The van der Waals surface area contributed by atoms with Crippen LogP contribution in [0, 0.1) is 11.8 Å². The van der Waals surface area contributed by atoms with Crippen molar-refractivity contribution < 1.29 is 18.0 Å². The van der Waals surface area contributed by atoms with Crippen LogP contribution >= 0.6 is 11.6 Å². The Morgan fingerprint density at radius 1 is 1.20 bits per heavy atom. The van der Waals surface area contributed by atoms with Gasteiger partial charge in [-0.1, -0.05) is 11.6 Å². The highest BCUT2D eigenvalue weighted by atomic mass is 35.5. The molecule has 162 valence electrons.